The largest absolute Gasteiger partial charge is 0.396 e. The number of urea groups is 1. The monoisotopic (exact) mass is 377 g/mol. The fourth-order valence-corrected chi connectivity index (χ4v) is 2.79. The summed E-state index contributed by atoms with van der Waals surface area (Å²) in [4.78, 5) is 22.5. The molecule has 2 amide bonds. The van der Waals surface area contributed by atoms with Crippen molar-refractivity contribution in [2.24, 2.45) is 0 Å². The van der Waals surface area contributed by atoms with Crippen molar-refractivity contribution in [2.45, 2.75) is 6.42 Å². The number of nitrogens with one attached hydrogen (secondary N) is 2. The van der Waals surface area contributed by atoms with Crippen molar-refractivity contribution in [1.82, 2.24) is 0 Å². The number of hydrogen-bond acceptors (Lipinski definition) is 4. The molecule has 7 nitrogen and oxygen atoms in total. The third-order valence-corrected chi connectivity index (χ3v) is 4.20. The van der Waals surface area contributed by atoms with Crippen molar-refractivity contribution in [3.8, 4) is 11.1 Å². The number of carbonyl (C=O) groups is 1. The highest BCUT2D eigenvalue weighted by Gasteiger charge is 2.08. The maximum absolute atomic E-state index is 12.2. The molecule has 0 spiro atoms. The van der Waals surface area contributed by atoms with Crippen LogP contribution in [0, 0.1) is 10.1 Å². The Bertz CT molecular complexity index is 970. The Morgan fingerprint density at radius 1 is 0.893 bits per heavy atom. The number of aliphatic hydroxyl groups is 1. The summed E-state index contributed by atoms with van der Waals surface area (Å²) in [6, 6.07) is 20.4. The number of nitro groups is 1. The minimum absolute atomic E-state index is 0.00438. The number of carbonyl (C=O) groups excluding carboxylic acids is 1. The number of aliphatic hydroxyl groups excluding tert-OH is 1. The van der Waals surface area contributed by atoms with Gasteiger partial charge in [-0.25, -0.2) is 4.79 Å². The molecular formula is C21H19N3O4. The van der Waals surface area contributed by atoms with Crippen molar-refractivity contribution >= 4 is 23.1 Å². The SMILES string of the molecule is O=C(Nc1ccc(-c2ccc([N+](=O)[O-])cc2)cc1)Nc1ccccc1CCO. The number of anilines is 2. The molecule has 0 atom stereocenters. The Balaban J connectivity index is 1.65. The third-order valence-electron chi connectivity index (χ3n) is 4.20. The van der Waals surface area contributed by atoms with Gasteiger partial charge in [0.15, 0.2) is 0 Å². The normalized spacial score (nSPS) is 10.3. The van der Waals surface area contributed by atoms with Crippen LogP contribution in [0.5, 0.6) is 0 Å². The van der Waals surface area contributed by atoms with Crippen molar-refractivity contribution in [2.75, 3.05) is 17.2 Å². The van der Waals surface area contributed by atoms with E-state index in [1.54, 1.807) is 30.3 Å². The second kappa shape index (κ2) is 8.79. The van der Waals surface area contributed by atoms with Crippen LogP contribution in [0.1, 0.15) is 5.56 Å². The highest BCUT2D eigenvalue weighted by atomic mass is 16.6. The van der Waals surface area contributed by atoms with E-state index in [2.05, 4.69) is 10.6 Å². The van der Waals surface area contributed by atoms with Crippen molar-refractivity contribution in [1.29, 1.82) is 0 Å². The van der Waals surface area contributed by atoms with Gasteiger partial charge in [0, 0.05) is 30.1 Å². The molecule has 0 heterocycles. The van der Waals surface area contributed by atoms with Crippen LogP contribution in [0.2, 0.25) is 0 Å². The van der Waals surface area contributed by atoms with Crippen molar-refractivity contribution < 1.29 is 14.8 Å². The predicted octanol–water partition coefficient (Wildman–Crippen LogP) is 4.44. The van der Waals surface area contributed by atoms with E-state index in [0.29, 0.717) is 17.8 Å². The first kappa shape index (κ1) is 19.1. The van der Waals surface area contributed by atoms with Crippen LogP contribution in [0.3, 0.4) is 0 Å². The van der Waals surface area contributed by atoms with E-state index < -0.39 is 4.92 Å². The summed E-state index contributed by atoms with van der Waals surface area (Å²) in [6.45, 7) is 0.00438. The topological polar surface area (TPSA) is 104 Å². The summed E-state index contributed by atoms with van der Waals surface area (Å²) in [6.07, 6.45) is 0.459. The zero-order valence-electron chi connectivity index (χ0n) is 15.0. The first-order chi connectivity index (χ1) is 13.6. The molecule has 0 aliphatic carbocycles. The minimum Gasteiger partial charge on any atom is -0.396 e. The third kappa shape index (κ3) is 4.72. The van der Waals surface area contributed by atoms with Gasteiger partial charge in [-0.1, -0.05) is 30.3 Å². The van der Waals surface area contributed by atoms with Gasteiger partial charge in [0.2, 0.25) is 0 Å². The molecule has 0 bridgehead atoms. The van der Waals surface area contributed by atoms with Gasteiger partial charge in [-0.3, -0.25) is 10.1 Å². The van der Waals surface area contributed by atoms with E-state index >= 15 is 0 Å². The Morgan fingerprint density at radius 2 is 1.50 bits per heavy atom. The molecule has 7 heteroatoms. The number of hydrogen-bond donors (Lipinski definition) is 3. The van der Waals surface area contributed by atoms with Crippen molar-refractivity contribution in [3.63, 3.8) is 0 Å². The molecule has 0 aromatic heterocycles. The molecule has 3 aromatic carbocycles. The minimum atomic E-state index is -0.436. The molecule has 0 saturated heterocycles. The number of nitro benzene ring substituents is 1. The van der Waals surface area contributed by atoms with Crippen LogP contribution in [-0.2, 0) is 6.42 Å². The summed E-state index contributed by atoms with van der Waals surface area (Å²) < 4.78 is 0. The van der Waals surface area contributed by atoms with Crippen LogP contribution in [0.25, 0.3) is 11.1 Å². The van der Waals surface area contributed by atoms with Crippen LogP contribution in [0.15, 0.2) is 72.8 Å². The van der Waals surface area contributed by atoms with Gasteiger partial charge in [0.05, 0.1) is 4.92 Å². The van der Waals surface area contributed by atoms with Gasteiger partial charge >= 0.3 is 6.03 Å². The Morgan fingerprint density at radius 3 is 2.11 bits per heavy atom. The average Bonchev–Trinajstić information content (AvgIpc) is 2.70. The molecule has 3 N–H and O–H groups in total. The molecular weight excluding hydrogens is 358 g/mol. The lowest BCUT2D eigenvalue weighted by atomic mass is 10.1. The van der Waals surface area contributed by atoms with E-state index in [0.717, 1.165) is 16.7 Å². The average molecular weight is 377 g/mol. The smallest absolute Gasteiger partial charge is 0.323 e. The molecule has 0 fully saturated rings. The number of amides is 2. The molecule has 3 rings (SSSR count). The lowest BCUT2D eigenvalue weighted by Gasteiger charge is -2.11. The fourth-order valence-electron chi connectivity index (χ4n) is 2.79. The lowest BCUT2D eigenvalue weighted by Crippen LogP contribution is -2.20. The maximum atomic E-state index is 12.2. The Hall–Kier alpha value is -3.71. The van der Waals surface area contributed by atoms with E-state index in [1.165, 1.54) is 12.1 Å². The molecule has 28 heavy (non-hydrogen) atoms. The quantitative estimate of drug-likeness (QED) is 0.436. The number of para-hydroxylation sites is 1. The molecule has 0 radical (unpaired) electrons. The van der Waals surface area contributed by atoms with Gasteiger partial charge in [-0.05, 0) is 53.4 Å². The molecule has 0 aliphatic rings. The van der Waals surface area contributed by atoms with E-state index in [-0.39, 0.29) is 18.3 Å². The second-order valence-electron chi connectivity index (χ2n) is 6.09. The number of rotatable bonds is 6. The summed E-state index contributed by atoms with van der Waals surface area (Å²) in [5, 5.41) is 25.4. The molecule has 0 saturated carbocycles. The first-order valence-corrected chi connectivity index (χ1v) is 8.68. The van der Waals surface area contributed by atoms with E-state index in [1.807, 2.05) is 30.3 Å². The van der Waals surface area contributed by atoms with Gasteiger partial charge in [0.25, 0.3) is 5.69 Å². The van der Waals surface area contributed by atoms with Crippen LogP contribution < -0.4 is 10.6 Å². The van der Waals surface area contributed by atoms with Crippen LogP contribution >= 0.6 is 0 Å². The number of benzene rings is 3. The maximum Gasteiger partial charge on any atom is 0.323 e. The molecule has 3 aromatic rings. The zero-order valence-corrected chi connectivity index (χ0v) is 15.0. The van der Waals surface area contributed by atoms with Crippen LogP contribution in [0.4, 0.5) is 21.9 Å². The highest BCUT2D eigenvalue weighted by molar-refractivity contribution is 6.00. The standard InChI is InChI=1S/C21H19N3O4/c25-14-13-17-3-1-2-4-20(17)23-21(26)22-18-9-5-15(6-10-18)16-7-11-19(12-8-16)24(27)28/h1-12,25H,13-14H2,(H2,22,23,26). The van der Waals surface area contributed by atoms with Gasteiger partial charge < -0.3 is 15.7 Å². The number of nitrogens with zero attached hydrogens (tertiary/aromatic N) is 1. The first-order valence-electron chi connectivity index (χ1n) is 8.68. The summed E-state index contributed by atoms with van der Waals surface area (Å²) in [5.74, 6) is 0. The van der Waals surface area contributed by atoms with E-state index in [9.17, 15) is 14.9 Å². The number of non-ortho nitro benzene ring substituents is 1. The van der Waals surface area contributed by atoms with Gasteiger partial charge in [0.1, 0.15) is 0 Å². The fraction of sp³-hybridized carbons (Fsp3) is 0.0952. The van der Waals surface area contributed by atoms with Gasteiger partial charge in [-0.2, -0.15) is 0 Å². The van der Waals surface area contributed by atoms with Gasteiger partial charge in [-0.15, -0.1) is 0 Å². The Labute approximate surface area is 161 Å². The summed E-state index contributed by atoms with van der Waals surface area (Å²) in [5.41, 5.74) is 3.89. The zero-order chi connectivity index (χ0) is 19.9. The summed E-state index contributed by atoms with van der Waals surface area (Å²) in [7, 11) is 0. The van der Waals surface area contributed by atoms with Crippen LogP contribution in [-0.4, -0.2) is 22.7 Å². The summed E-state index contributed by atoms with van der Waals surface area (Å²) >= 11 is 0. The highest BCUT2D eigenvalue weighted by Crippen LogP contribution is 2.24. The predicted molar refractivity (Wildman–Crippen MR) is 108 cm³/mol. The second-order valence-corrected chi connectivity index (χ2v) is 6.09. The molecule has 142 valence electrons. The van der Waals surface area contributed by atoms with Crippen molar-refractivity contribution in [3.05, 3.63) is 88.5 Å². The Kier molecular flexibility index (Phi) is 5.98. The molecule has 0 unspecified atom stereocenters. The lowest BCUT2D eigenvalue weighted by molar-refractivity contribution is -0.384. The molecule has 0 aliphatic heterocycles. The van der Waals surface area contributed by atoms with E-state index in [4.69, 9.17) is 5.11 Å².